The summed E-state index contributed by atoms with van der Waals surface area (Å²) in [5.74, 6) is -1.30. The average Bonchev–Trinajstić information content (AvgIpc) is 2.23. The van der Waals surface area contributed by atoms with Crippen LogP contribution in [0, 0.1) is 0 Å². The van der Waals surface area contributed by atoms with Gasteiger partial charge in [-0.1, -0.05) is 0 Å². The molecule has 0 aliphatic rings. The van der Waals surface area contributed by atoms with Crippen LogP contribution in [0.2, 0.25) is 0 Å². The van der Waals surface area contributed by atoms with Gasteiger partial charge in [0.2, 0.25) is 0 Å². The lowest BCUT2D eigenvalue weighted by Crippen LogP contribution is -2.47. The van der Waals surface area contributed by atoms with Gasteiger partial charge in [-0.05, 0) is 0 Å². The molecule has 0 heterocycles. The molecule has 0 unspecified atom stereocenters. The third-order valence-corrected chi connectivity index (χ3v) is 1.69. The van der Waals surface area contributed by atoms with E-state index in [0.717, 1.165) is 0 Å². The van der Waals surface area contributed by atoms with Gasteiger partial charge in [0.05, 0.1) is 6.61 Å². The van der Waals surface area contributed by atoms with Gasteiger partial charge in [0.15, 0.2) is 12.0 Å². The summed E-state index contributed by atoms with van der Waals surface area (Å²) < 4.78 is 12.8. The van der Waals surface area contributed by atoms with Crippen LogP contribution in [0.3, 0.4) is 0 Å². The van der Waals surface area contributed by atoms with Gasteiger partial charge in [0.25, 0.3) is 0 Å². The fourth-order valence-corrected chi connectivity index (χ4v) is 0.786. The summed E-state index contributed by atoms with van der Waals surface area (Å²) in [4.78, 5) is 10.5. The number of aliphatic hydroxyl groups is 5. The predicted molar refractivity (Wildman–Crippen MR) is 42.1 cm³/mol. The topological polar surface area (TPSA) is 118 Å². The Bertz CT molecular complexity index is 187. The molecule has 0 spiro atoms. The van der Waals surface area contributed by atoms with Crippen LogP contribution in [0.25, 0.3) is 0 Å². The molecule has 0 saturated carbocycles. The molecule has 0 amide bonds. The largest absolute Gasteiger partial charge is 0.394 e. The highest BCUT2D eigenvalue weighted by molar-refractivity contribution is 5.84. The van der Waals surface area contributed by atoms with Crippen molar-refractivity contribution in [2.24, 2.45) is 0 Å². The van der Waals surface area contributed by atoms with E-state index in [-0.39, 0.29) is 0 Å². The fraction of sp³-hybridized carbons (Fsp3) is 0.857. The number of carbonyl (C=O) groups is 1. The molecule has 0 radical (unpaired) electrons. The van der Waals surface area contributed by atoms with Gasteiger partial charge in [0.1, 0.15) is 24.9 Å². The normalized spacial score (nSPS) is 19.9. The van der Waals surface area contributed by atoms with Crippen molar-refractivity contribution in [3.05, 3.63) is 0 Å². The third-order valence-electron chi connectivity index (χ3n) is 1.69. The van der Waals surface area contributed by atoms with Crippen molar-refractivity contribution in [2.45, 2.75) is 24.5 Å². The molecule has 84 valence electrons. The second-order valence-corrected chi connectivity index (χ2v) is 2.76. The molecule has 0 rings (SSSR count). The Labute approximate surface area is 79.2 Å². The summed E-state index contributed by atoms with van der Waals surface area (Å²) in [7, 11) is 0. The summed E-state index contributed by atoms with van der Waals surface area (Å²) in [5, 5.41) is 43.3. The van der Waals surface area contributed by atoms with Crippen LogP contribution in [-0.2, 0) is 4.79 Å². The fourth-order valence-electron chi connectivity index (χ4n) is 0.786. The molecule has 5 N–H and O–H groups in total. The van der Waals surface area contributed by atoms with Crippen molar-refractivity contribution in [2.75, 3.05) is 13.2 Å². The summed E-state index contributed by atoms with van der Waals surface area (Å²) in [6.07, 6.45) is -8.38. The number of hydrogen-bond donors (Lipinski definition) is 5. The molecule has 6 nitrogen and oxygen atoms in total. The maximum atomic E-state index is 12.8. The Morgan fingerprint density at radius 1 is 1.14 bits per heavy atom. The number of carbonyl (C=O) groups excluding carboxylic acids is 1. The van der Waals surface area contributed by atoms with Crippen LogP contribution in [0.4, 0.5) is 4.39 Å². The van der Waals surface area contributed by atoms with Crippen LogP contribution < -0.4 is 0 Å². The molecule has 0 aliphatic carbocycles. The van der Waals surface area contributed by atoms with Gasteiger partial charge < -0.3 is 25.5 Å². The number of alkyl halides is 1. The quantitative estimate of drug-likeness (QED) is 0.319. The van der Waals surface area contributed by atoms with Crippen molar-refractivity contribution in [3.8, 4) is 0 Å². The van der Waals surface area contributed by atoms with Gasteiger partial charge in [-0.2, -0.15) is 0 Å². The number of rotatable bonds is 6. The minimum absolute atomic E-state index is 0.877. The molecule has 0 aromatic heterocycles. The summed E-state index contributed by atoms with van der Waals surface area (Å²) in [5.41, 5.74) is 0. The molecule has 0 fully saturated rings. The minimum Gasteiger partial charge on any atom is -0.394 e. The maximum Gasteiger partial charge on any atom is 0.194 e. The van der Waals surface area contributed by atoms with Crippen molar-refractivity contribution < 1.29 is 34.7 Å². The number of ketones is 1. The number of halogens is 1. The SMILES string of the molecule is O=C(CO)[C@@H]([18F])[C@@H](O)[C@H](O)[C@H](O)CO. The van der Waals surface area contributed by atoms with Crippen LogP contribution in [0.5, 0.6) is 0 Å². The molecule has 0 bridgehead atoms. The highest BCUT2D eigenvalue weighted by Crippen LogP contribution is 2.08. The van der Waals surface area contributed by atoms with E-state index in [1.165, 1.54) is 0 Å². The highest BCUT2D eigenvalue weighted by atomic mass is 18.2. The molecular formula is C7H13FO6. The van der Waals surface area contributed by atoms with Crippen molar-refractivity contribution in [1.82, 2.24) is 0 Å². The van der Waals surface area contributed by atoms with Crippen LogP contribution >= 0.6 is 0 Å². The maximum absolute atomic E-state index is 12.8. The van der Waals surface area contributed by atoms with E-state index in [9.17, 15) is 9.18 Å². The summed E-state index contributed by atoms with van der Waals surface area (Å²) >= 11 is 0. The van der Waals surface area contributed by atoms with E-state index in [0.29, 0.717) is 0 Å². The average molecular weight is 211 g/mol. The van der Waals surface area contributed by atoms with Crippen LogP contribution in [-0.4, -0.2) is 69.0 Å². The van der Waals surface area contributed by atoms with E-state index in [1.807, 2.05) is 0 Å². The minimum atomic E-state index is -2.49. The van der Waals surface area contributed by atoms with E-state index < -0.39 is 43.5 Å². The Morgan fingerprint density at radius 3 is 2.00 bits per heavy atom. The van der Waals surface area contributed by atoms with E-state index in [2.05, 4.69) is 0 Å². The Morgan fingerprint density at radius 2 is 1.64 bits per heavy atom. The first-order chi connectivity index (χ1) is 6.45. The molecule has 0 aliphatic heterocycles. The number of aliphatic hydroxyl groups excluding tert-OH is 5. The number of hydrogen-bond acceptors (Lipinski definition) is 6. The van der Waals surface area contributed by atoms with Crippen molar-refractivity contribution in [1.29, 1.82) is 0 Å². The monoisotopic (exact) mass is 211 g/mol. The van der Waals surface area contributed by atoms with E-state index in [1.54, 1.807) is 0 Å². The number of Topliss-reactive ketones (excluding diaryl/α,β-unsaturated/α-hetero) is 1. The summed E-state index contributed by atoms with van der Waals surface area (Å²) in [6.45, 7) is -1.99. The van der Waals surface area contributed by atoms with Crippen molar-refractivity contribution >= 4 is 5.78 Å². The molecule has 0 aromatic rings. The lowest BCUT2D eigenvalue weighted by molar-refractivity contribution is -0.140. The predicted octanol–water partition coefficient (Wildman–Crippen LogP) is -3.04. The zero-order chi connectivity index (χ0) is 11.3. The molecular weight excluding hydrogens is 198 g/mol. The second-order valence-electron chi connectivity index (χ2n) is 2.76. The van der Waals surface area contributed by atoms with E-state index in [4.69, 9.17) is 25.5 Å². The van der Waals surface area contributed by atoms with Gasteiger partial charge >= 0.3 is 0 Å². The zero-order valence-corrected chi connectivity index (χ0v) is 7.25. The highest BCUT2D eigenvalue weighted by Gasteiger charge is 2.34. The first kappa shape index (κ1) is 13.4. The Balaban J connectivity index is 4.30. The van der Waals surface area contributed by atoms with Crippen LogP contribution in [0.15, 0.2) is 0 Å². The molecule has 0 saturated heterocycles. The van der Waals surface area contributed by atoms with Crippen molar-refractivity contribution in [3.63, 3.8) is 0 Å². The lowest BCUT2D eigenvalue weighted by atomic mass is 10.0. The third kappa shape index (κ3) is 3.28. The molecule has 14 heavy (non-hydrogen) atoms. The smallest absolute Gasteiger partial charge is 0.194 e. The second kappa shape index (κ2) is 5.99. The standard InChI is InChI=1S/C7H13FO6/c8-5(3(11)1-9)7(14)6(13)4(12)2-10/h4-7,9-10,12-14H,1-2H2/t4-,5-,6-,7-/m1/s1/i8-1. The Kier molecular flexibility index (Phi) is 5.73. The molecule has 0 aromatic carbocycles. The zero-order valence-electron chi connectivity index (χ0n) is 7.25. The van der Waals surface area contributed by atoms with Gasteiger partial charge in [-0.25, -0.2) is 4.39 Å². The summed E-state index contributed by atoms with van der Waals surface area (Å²) in [6, 6.07) is 0. The Hall–Kier alpha value is -0.600. The van der Waals surface area contributed by atoms with Crippen LogP contribution in [0.1, 0.15) is 0 Å². The first-order valence-electron chi connectivity index (χ1n) is 3.88. The lowest BCUT2D eigenvalue weighted by Gasteiger charge is -2.23. The van der Waals surface area contributed by atoms with Gasteiger partial charge in [-0.15, -0.1) is 0 Å². The van der Waals surface area contributed by atoms with E-state index >= 15 is 0 Å². The molecule has 4 atom stereocenters. The van der Waals surface area contributed by atoms with Gasteiger partial charge in [0, 0.05) is 0 Å². The van der Waals surface area contributed by atoms with Gasteiger partial charge in [-0.3, -0.25) is 4.79 Å². The first-order valence-corrected chi connectivity index (χ1v) is 3.88. The molecule has 7 heteroatoms.